The summed E-state index contributed by atoms with van der Waals surface area (Å²) in [7, 11) is 0. The maximum Gasteiger partial charge on any atom is 0.266 e. The van der Waals surface area contributed by atoms with Gasteiger partial charge in [0.05, 0.1) is 0 Å². The third kappa shape index (κ3) is 5.47. The van der Waals surface area contributed by atoms with Crippen molar-refractivity contribution in [2.24, 2.45) is 0 Å². The molecule has 0 aliphatic carbocycles. The van der Waals surface area contributed by atoms with Crippen LogP contribution in [-0.2, 0) is 0 Å². The number of hydrogen-bond donors (Lipinski definition) is 0. The van der Waals surface area contributed by atoms with Crippen LogP contribution in [0.15, 0.2) is 11.6 Å². The summed E-state index contributed by atoms with van der Waals surface area (Å²) in [6.07, 6.45) is 1.54. The highest BCUT2D eigenvalue weighted by molar-refractivity contribution is 5.05. The zero-order valence-corrected chi connectivity index (χ0v) is 5.75. The van der Waals surface area contributed by atoms with Gasteiger partial charge < -0.3 is 0 Å². The SMILES string of the molecule is [CH2]C(F)(F)C=C(C)CC. The van der Waals surface area contributed by atoms with E-state index >= 15 is 0 Å². The highest BCUT2D eigenvalue weighted by Gasteiger charge is 2.16. The molecule has 53 valence electrons. The van der Waals surface area contributed by atoms with Crippen molar-refractivity contribution in [3.8, 4) is 0 Å². The Kier molecular flexibility index (Phi) is 2.82. The van der Waals surface area contributed by atoms with Gasteiger partial charge in [-0.05, 0) is 19.4 Å². The summed E-state index contributed by atoms with van der Waals surface area (Å²) in [6.45, 7) is 6.15. The molecule has 0 amide bonds. The van der Waals surface area contributed by atoms with Gasteiger partial charge in [0, 0.05) is 6.92 Å². The van der Waals surface area contributed by atoms with E-state index < -0.39 is 5.92 Å². The fourth-order valence-corrected chi connectivity index (χ4v) is 0.463. The number of alkyl halides is 2. The highest BCUT2D eigenvalue weighted by Crippen LogP contribution is 2.16. The lowest BCUT2D eigenvalue weighted by atomic mass is 10.2. The second kappa shape index (κ2) is 2.95. The molecule has 0 aromatic heterocycles. The van der Waals surface area contributed by atoms with Crippen molar-refractivity contribution in [1.82, 2.24) is 0 Å². The average Bonchev–Trinajstić information content (AvgIpc) is 1.62. The molecule has 0 aliphatic rings. The van der Waals surface area contributed by atoms with Gasteiger partial charge in [0.1, 0.15) is 0 Å². The molecule has 0 bridgehead atoms. The van der Waals surface area contributed by atoms with E-state index in [-0.39, 0.29) is 0 Å². The molecule has 0 N–H and O–H groups in total. The van der Waals surface area contributed by atoms with Gasteiger partial charge in [0.15, 0.2) is 0 Å². The summed E-state index contributed by atoms with van der Waals surface area (Å²) in [6, 6.07) is 0. The van der Waals surface area contributed by atoms with Gasteiger partial charge in [0.25, 0.3) is 5.92 Å². The van der Waals surface area contributed by atoms with Crippen molar-refractivity contribution < 1.29 is 8.78 Å². The Morgan fingerprint density at radius 2 is 2.11 bits per heavy atom. The lowest BCUT2D eigenvalue weighted by molar-refractivity contribution is 0.107. The Morgan fingerprint density at radius 1 is 1.67 bits per heavy atom. The van der Waals surface area contributed by atoms with Gasteiger partial charge in [-0.25, -0.2) is 8.78 Å². The third-order valence-electron chi connectivity index (χ3n) is 1.02. The predicted octanol–water partition coefficient (Wildman–Crippen LogP) is 2.81. The first-order valence-corrected chi connectivity index (χ1v) is 2.87. The van der Waals surface area contributed by atoms with Gasteiger partial charge in [-0.2, -0.15) is 0 Å². The zero-order chi connectivity index (χ0) is 7.49. The molecular weight excluding hydrogens is 122 g/mol. The fourth-order valence-electron chi connectivity index (χ4n) is 0.463. The van der Waals surface area contributed by atoms with E-state index in [1.54, 1.807) is 6.92 Å². The summed E-state index contributed by atoms with van der Waals surface area (Å²) in [5.74, 6) is -2.89. The summed E-state index contributed by atoms with van der Waals surface area (Å²) in [4.78, 5) is 0. The maximum absolute atomic E-state index is 12.0. The van der Waals surface area contributed by atoms with Crippen LogP contribution in [0.3, 0.4) is 0 Å². The van der Waals surface area contributed by atoms with Gasteiger partial charge >= 0.3 is 0 Å². The van der Waals surface area contributed by atoms with E-state index in [9.17, 15) is 8.78 Å². The van der Waals surface area contributed by atoms with Crippen molar-refractivity contribution in [2.75, 3.05) is 0 Å². The molecule has 0 saturated carbocycles. The molecule has 0 aliphatic heterocycles. The van der Waals surface area contributed by atoms with Crippen molar-refractivity contribution in [2.45, 2.75) is 26.2 Å². The van der Waals surface area contributed by atoms with E-state index in [1.165, 1.54) is 0 Å². The predicted molar refractivity (Wildman–Crippen MR) is 34.4 cm³/mol. The molecule has 0 saturated heterocycles. The maximum atomic E-state index is 12.0. The number of rotatable bonds is 2. The van der Waals surface area contributed by atoms with Gasteiger partial charge in [0.2, 0.25) is 0 Å². The second-order valence-electron chi connectivity index (χ2n) is 2.11. The zero-order valence-electron chi connectivity index (χ0n) is 5.75. The van der Waals surface area contributed by atoms with Gasteiger partial charge in [-0.3, -0.25) is 0 Å². The van der Waals surface area contributed by atoms with Crippen LogP contribution in [0.4, 0.5) is 8.78 Å². The third-order valence-corrected chi connectivity index (χ3v) is 1.02. The molecule has 0 aromatic rings. The summed E-state index contributed by atoms with van der Waals surface area (Å²) >= 11 is 0. The molecule has 0 spiro atoms. The van der Waals surface area contributed by atoms with Crippen LogP contribution >= 0.6 is 0 Å². The van der Waals surface area contributed by atoms with E-state index in [0.29, 0.717) is 12.0 Å². The van der Waals surface area contributed by atoms with Crippen LogP contribution in [0.1, 0.15) is 20.3 Å². The fraction of sp³-hybridized carbons (Fsp3) is 0.571. The first kappa shape index (κ1) is 8.60. The van der Waals surface area contributed by atoms with Crippen LogP contribution in [0, 0.1) is 6.92 Å². The lowest BCUT2D eigenvalue weighted by Crippen LogP contribution is -2.05. The van der Waals surface area contributed by atoms with E-state index in [4.69, 9.17) is 0 Å². The Labute approximate surface area is 54.6 Å². The monoisotopic (exact) mass is 133 g/mol. The normalized spacial score (nSPS) is 14.1. The summed E-state index contributed by atoms with van der Waals surface area (Å²) in [5, 5.41) is 0. The van der Waals surface area contributed by atoms with Crippen molar-refractivity contribution in [3.05, 3.63) is 18.6 Å². The molecule has 9 heavy (non-hydrogen) atoms. The Morgan fingerprint density at radius 3 is 2.22 bits per heavy atom. The largest absolute Gasteiger partial charge is 0.266 e. The molecule has 0 heterocycles. The Bertz CT molecular complexity index is 109. The van der Waals surface area contributed by atoms with Crippen LogP contribution in [0.5, 0.6) is 0 Å². The molecule has 0 rings (SSSR count). The van der Waals surface area contributed by atoms with Crippen molar-refractivity contribution in [3.63, 3.8) is 0 Å². The molecule has 0 atom stereocenters. The Hall–Kier alpha value is -0.400. The standard InChI is InChI=1S/C7H11F2/c1-4-6(2)5-7(3,8)9/h5H,3-4H2,1-2H3. The molecule has 0 unspecified atom stereocenters. The summed E-state index contributed by atoms with van der Waals surface area (Å²) in [5.41, 5.74) is 0.676. The smallest absolute Gasteiger partial charge is 0.202 e. The number of allylic oxidation sites excluding steroid dienone is 2. The van der Waals surface area contributed by atoms with Crippen LogP contribution in [0.25, 0.3) is 0 Å². The number of hydrogen-bond acceptors (Lipinski definition) is 0. The topological polar surface area (TPSA) is 0 Å². The van der Waals surface area contributed by atoms with Crippen molar-refractivity contribution in [1.29, 1.82) is 0 Å². The molecular formula is C7H11F2. The first-order valence-electron chi connectivity index (χ1n) is 2.87. The minimum atomic E-state index is -2.89. The van der Waals surface area contributed by atoms with E-state index in [2.05, 4.69) is 6.92 Å². The quantitative estimate of drug-likeness (QED) is 0.508. The first-order chi connectivity index (χ1) is 3.95. The second-order valence-corrected chi connectivity index (χ2v) is 2.11. The van der Waals surface area contributed by atoms with E-state index in [1.807, 2.05) is 6.92 Å². The van der Waals surface area contributed by atoms with Gasteiger partial charge in [-0.15, -0.1) is 0 Å². The molecule has 0 fully saturated rings. The van der Waals surface area contributed by atoms with Crippen LogP contribution < -0.4 is 0 Å². The van der Waals surface area contributed by atoms with E-state index in [0.717, 1.165) is 6.08 Å². The minimum absolute atomic E-state index is 0.658. The number of halogens is 2. The summed E-state index contributed by atoms with van der Waals surface area (Å²) < 4.78 is 23.9. The lowest BCUT2D eigenvalue weighted by Gasteiger charge is -2.03. The molecule has 0 aromatic carbocycles. The average molecular weight is 133 g/mol. The van der Waals surface area contributed by atoms with Crippen LogP contribution in [0.2, 0.25) is 0 Å². The molecule has 0 nitrogen and oxygen atoms in total. The highest BCUT2D eigenvalue weighted by atomic mass is 19.3. The van der Waals surface area contributed by atoms with Crippen LogP contribution in [-0.4, -0.2) is 5.92 Å². The molecule has 2 heteroatoms. The Balaban J connectivity index is 3.95. The van der Waals surface area contributed by atoms with Gasteiger partial charge in [-0.1, -0.05) is 12.5 Å². The molecule has 1 radical (unpaired) electrons. The minimum Gasteiger partial charge on any atom is -0.202 e. The van der Waals surface area contributed by atoms with Crippen molar-refractivity contribution >= 4 is 0 Å².